The summed E-state index contributed by atoms with van der Waals surface area (Å²) in [6.45, 7) is 2.25. The third-order valence-electron chi connectivity index (χ3n) is 4.38. The lowest BCUT2D eigenvalue weighted by Crippen LogP contribution is -2.25. The first kappa shape index (κ1) is 14.8. The van der Waals surface area contributed by atoms with Gasteiger partial charge in [-0.05, 0) is 25.1 Å². The minimum atomic E-state index is -0.407. The van der Waals surface area contributed by atoms with E-state index in [9.17, 15) is 9.18 Å². The number of carbonyl (C=O) groups is 1. The minimum absolute atomic E-state index is 0.164. The van der Waals surface area contributed by atoms with E-state index in [4.69, 9.17) is 0 Å². The summed E-state index contributed by atoms with van der Waals surface area (Å²) < 4.78 is 15.1. The molecule has 1 atom stereocenters. The quantitative estimate of drug-likeness (QED) is 0.672. The van der Waals surface area contributed by atoms with Crippen molar-refractivity contribution in [3.63, 3.8) is 0 Å². The van der Waals surface area contributed by atoms with E-state index >= 15 is 0 Å². The summed E-state index contributed by atoms with van der Waals surface area (Å²) in [4.78, 5) is 16.4. The van der Waals surface area contributed by atoms with Crippen LogP contribution in [0.1, 0.15) is 34.2 Å². The van der Waals surface area contributed by atoms with Gasteiger partial charge in [0.1, 0.15) is 11.3 Å². The Morgan fingerprint density at radius 3 is 3.21 bits per heavy atom. The summed E-state index contributed by atoms with van der Waals surface area (Å²) >= 11 is 0. The van der Waals surface area contributed by atoms with Crippen LogP contribution in [0.3, 0.4) is 0 Å². The molecule has 1 aliphatic heterocycles. The maximum absolute atomic E-state index is 13.7. The summed E-state index contributed by atoms with van der Waals surface area (Å²) in [7, 11) is 0. The highest BCUT2D eigenvalue weighted by atomic mass is 19.1. The lowest BCUT2D eigenvalue weighted by Gasteiger charge is -2.10. The SMILES string of the molecule is O=C(NCc1cn[nH]c1C1CCNC1)c1ncc2c(F)cccn12. The Labute approximate surface area is 137 Å². The van der Waals surface area contributed by atoms with Gasteiger partial charge in [0, 0.05) is 36.5 Å². The van der Waals surface area contributed by atoms with E-state index in [1.165, 1.54) is 16.7 Å². The fourth-order valence-corrected chi connectivity index (χ4v) is 3.13. The molecular formula is C16H17FN6O. The molecule has 1 unspecified atom stereocenters. The van der Waals surface area contributed by atoms with Gasteiger partial charge in [-0.25, -0.2) is 9.37 Å². The molecule has 1 fully saturated rings. The van der Waals surface area contributed by atoms with Crippen LogP contribution >= 0.6 is 0 Å². The molecule has 0 aliphatic carbocycles. The van der Waals surface area contributed by atoms with Gasteiger partial charge in [0.15, 0.2) is 0 Å². The van der Waals surface area contributed by atoms with Crippen molar-refractivity contribution in [2.45, 2.75) is 18.9 Å². The molecule has 4 rings (SSSR count). The Morgan fingerprint density at radius 2 is 2.38 bits per heavy atom. The van der Waals surface area contributed by atoms with Crippen molar-refractivity contribution in [3.05, 3.63) is 53.6 Å². The first-order valence-corrected chi connectivity index (χ1v) is 7.86. The summed E-state index contributed by atoms with van der Waals surface area (Å²) in [5.74, 6) is -0.204. The Kier molecular flexibility index (Phi) is 3.73. The van der Waals surface area contributed by atoms with E-state index < -0.39 is 5.82 Å². The smallest absolute Gasteiger partial charge is 0.287 e. The van der Waals surface area contributed by atoms with Crippen LogP contribution in [0.15, 0.2) is 30.7 Å². The third kappa shape index (κ3) is 2.54. The van der Waals surface area contributed by atoms with Crippen LogP contribution in [0.2, 0.25) is 0 Å². The van der Waals surface area contributed by atoms with Crippen molar-refractivity contribution in [2.75, 3.05) is 13.1 Å². The number of hydrogen-bond acceptors (Lipinski definition) is 4. The van der Waals surface area contributed by atoms with Crippen LogP contribution in [-0.2, 0) is 6.54 Å². The van der Waals surface area contributed by atoms with Crippen LogP contribution in [0.5, 0.6) is 0 Å². The Hall–Kier alpha value is -2.74. The molecule has 4 heterocycles. The second-order valence-corrected chi connectivity index (χ2v) is 5.87. The highest BCUT2D eigenvalue weighted by Crippen LogP contribution is 2.23. The Bertz CT molecular complexity index is 880. The van der Waals surface area contributed by atoms with E-state index in [2.05, 4.69) is 25.8 Å². The second kappa shape index (κ2) is 6.04. The number of hydrogen-bond donors (Lipinski definition) is 3. The van der Waals surface area contributed by atoms with Crippen LogP contribution in [-0.4, -0.2) is 38.6 Å². The maximum Gasteiger partial charge on any atom is 0.287 e. The number of carbonyl (C=O) groups excluding carboxylic acids is 1. The molecule has 1 saturated heterocycles. The zero-order valence-corrected chi connectivity index (χ0v) is 12.9. The lowest BCUT2D eigenvalue weighted by atomic mass is 10.0. The third-order valence-corrected chi connectivity index (χ3v) is 4.38. The molecule has 0 spiro atoms. The van der Waals surface area contributed by atoms with Crippen molar-refractivity contribution < 1.29 is 9.18 Å². The predicted octanol–water partition coefficient (Wildman–Crippen LogP) is 1.20. The van der Waals surface area contributed by atoms with Gasteiger partial charge in [-0.1, -0.05) is 0 Å². The number of halogens is 1. The van der Waals surface area contributed by atoms with E-state index in [1.54, 1.807) is 18.5 Å². The average molecular weight is 328 g/mol. The number of pyridine rings is 1. The number of nitrogens with zero attached hydrogens (tertiary/aromatic N) is 3. The second-order valence-electron chi connectivity index (χ2n) is 5.87. The van der Waals surface area contributed by atoms with Gasteiger partial charge in [-0.15, -0.1) is 0 Å². The van der Waals surface area contributed by atoms with Crippen molar-refractivity contribution in [3.8, 4) is 0 Å². The Morgan fingerprint density at radius 1 is 1.46 bits per heavy atom. The Balaban J connectivity index is 1.51. The molecule has 0 saturated carbocycles. The monoisotopic (exact) mass is 328 g/mol. The predicted molar refractivity (Wildman–Crippen MR) is 85.1 cm³/mol. The topological polar surface area (TPSA) is 87.1 Å². The zero-order chi connectivity index (χ0) is 16.5. The van der Waals surface area contributed by atoms with Gasteiger partial charge < -0.3 is 10.6 Å². The van der Waals surface area contributed by atoms with E-state index in [0.29, 0.717) is 12.5 Å². The largest absolute Gasteiger partial charge is 0.345 e. The van der Waals surface area contributed by atoms with Gasteiger partial charge in [-0.2, -0.15) is 5.10 Å². The molecular weight excluding hydrogens is 311 g/mol. The molecule has 3 aromatic rings. The maximum atomic E-state index is 13.7. The van der Waals surface area contributed by atoms with Gasteiger partial charge in [0.25, 0.3) is 5.91 Å². The van der Waals surface area contributed by atoms with Crippen molar-refractivity contribution in [1.29, 1.82) is 0 Å². The lowest BCUT2D eigenvalue weighted by molar-refractivity contribution is 0.0940. The molecule has 0 aromatic carbocycles. The summed E-state index contributed by atoms with van der Waals surface area (Å²) in [6.07, 6.45) is 5.76. The first-order valence-electron chi connectivity index (χ1n) is 7.86. The normalized spacial score (nSPS) is 17.5. The fourth-order valence-electron chi connectivity index (χ4n) is 3.13. The van der Waals surface area contributed by atoms with Gasteiger partial charge in [-0.3, -0.25) is 14.3 Å². The molecule has 3 aromatic heterocycles. The van der Waals surface area contributed by atoms with Gasteiger partial charge in [0.2, 0.25) is 5.82 Å². The number of imidazole rings is 1. The number of rotatable bonds is 4. The van der Waals surface area contributed by atoms with Crippen molar-refractivity contribution in [2.24, 2.45) is 0 Å². The van der Waals surface area contributed by atoms with Crippen LogP contribution < -0.4 is 10.6 Å². The average Bonchev–Trinajstić information content (AvgIpc) is 3.31. The van der Waals surface area contributed by atoms with Crippen LogP contribution in [0.4, 0.5) is 4.39 Å². The number of fused-ring (bicyclic) bond motifs is 1. The standard InChI is InChI=1S/C16H17FN6O/c17-12-2-1-5-23-13(12)9-19-15(23)16(24)20-7-11-8-21-22-14(11)10-3-4-18-6-10/h1-2,5,8-10,18H,3-4,6-7H2,(H,20,24)(H,21,22). The number of aromatic amines is 1. The highest BCUT2D eigenvalue weighted by molar-refractivity contribution is 5.91. The molecule has 0 bridgehead atoms. The molecule has 0 radical (unpaired) electrons. The molecule has 1 aliphatic rings. The number of aromatic nitrogens is 4. The highest BCUT2D eigenvalue weighted by Gasteiger charge is 2.22. The van der Waals surface area contributed by atoms with Crippen LogP contribution in [0.25, 0.3) is 5.52 Å². The van der Waals surface area contributed by atoms with E-state index in [0.717, 1.165) is 30.8 Å². The number of amides is 1. The first-order chi connectivity index (χ1) is 11.7. The zero-order valence-electron chi connectivity index (χ0n) is 12.9. The number of nitrogens with one attached hydrogen (secondary N) is 3. The van der Waals surface area contributed by atoms with Gasteiger partial charge >= 0.3 is 0 Å². The molecule has 24 heavy (non-hydrogen) atoms. The molecule has 1 amide bonds. The summed E-state index contributed by atoms with van der Waals surface area (Å²) in [5.41, 5.74) is 2.30. The van der Waals surface area contributed by atoms with Crippen LogP contribution in [0, 0.1) is 5.82 Å². The molecule has 7 nitrogen and oxygen atoms in total. The van der Waals surface area contributed by atoms with Crippen molar-refractivity contribution in [1.82, 2.24) is 30.2 Å². The number of H-pyrrole nitrogens is 1. The van der Waals surface area contributed by atoms with Crippen molar-refractivity contribution >= 4 is 11.4 Å². The molecule has 3 N–H and O–H groups in total. The summed E-state index contributed by atoms with van der Waals surface area (Å²) in [5, 5.41) is 13.3. The summed E-state index contributed by atoms with van der Waals surface area (Å²) in [6, 6.07) is 2.88. The molecule has 8 heteroatoms. The minimum Gasteiger partial charge on any atom is -0.345 e. The van der Waals surface area contributed by atoms with E-state index in [1.807, 2.05) is 0 Å². The van der Waals surface area contributed by atoms with E-state index in [-0.39, 0.29) is 17.2 Å². The van der Waals surface area contributed by atoms with Gasteiger partial charge in [0.05, 0.1) is 12.4 Å². The molecule has 124 valence electrons. The fraction of sp³-hybridized carbons (Fsp3) is 0.312.